The summed E-state index contributed by atoms with van der Waals surface area (Å²) in [6.07, 6.45) is 4.34. The maximum atomic E-state index is 6.14. The zero-order chi connectivity index (χ0) is 14.0. The molecule has 0 saturated carbocycles. The molecule has 19 heavy (non-hydrogen) atoms. The van der Waals surface area contributed by atoms with Crippen molar-refractivity contribution in [2.45, 2.75) is 46.2 Å². The first-order chi connectivity index (χ1) is 9.01. The van der Waals surface area contributed by atoms with Gasteiger partial charge in [-0.3, -0.25) is 0 Å². The number of fused-ring (bicyclic) bond motifs is 1. The summed E-state index contributed by atoms with van der Waals surface area (Å²) in [7, 11) is 0. The van der Waals surface area contributed by atoms with Gasteiger partial charge in [-0.1, -0.05) is 37.9 Å². The molecule has 0 aliphatic carbocycles. The Morgan fingerprint density at radius 3 is 2.68 bits per heavy atom. The predicted octanol–water partition coefficient (Wildman–Crippen LogP) is 4.23. The van der Waals surface area contributed by atoms with E-state index in [2.05, 4.69) is 36.7 Å². The van der Waals surface area contributed by atoms with Gasteiger partial charge in [0.1, 0.15) is 0 Å². The van der Waals surface area contributed by atoms with E-state index in [9.17, 15) is 0 Å². The average molecular weight is 279 g/mol. The van der Waals surface area contributed by atoms with E-state index in [1.807, 2.05) is 13.0 Å². The summed E-state index contributed by atoms with van der Waals surface area (Å²) in [4.78, 5) is 0. The van der Waals surface area contributed by atoms with Crippen molar-refractivity contribution in [2.75, 3.05) is 0 Å². The SMILES string of the molecule is CCC(C)Cn1cc(CC(C)N)c2ccc(Cl)cc21. The Bertz CT molecular complexity index is 557. The fourth-order valence-corrected chi connectivity index (χ4v) is 2.63. The number of nitrogens with two attached hydrogens (primary N) is 1. The van der Waals surface area contributed by atoms with Crippen LogP contribution in [0.5, 0.6) is 0 Å². The monoisotopic (exact) mass is 278 g/mol. The van der Waals surface area contributed by atoms with Crippen LogP contribution >= 0.6 is 11.6 Å². The largest absolute Gasteiger partial charge is 0.347 e. The van der Waals surface area contributed by atoms with Gasteiger partial charge in [0.15, 0.2) is 0 Å². The minimum atomic E-state index is 0.179. The number of nitrogens with zero attached hydrogens (tertiary/aromatic N) is 1. The van der Waals surface area contributed by atoms with Crippen LogP contribution in [0, 0.1) is 5.92 Å². The second-order valence-corrected chi connectivity index (χ2v) is 6.10. The van der Waals surface area contributed by atoms with Crippen molar-refractivity contribution in [1.82, 2.24) is 4.57 Å². The van der Waals surface area contributed by atoms with E-state index in [0.29, 0.717) is 5.92 Å². The van der Waals surface area contributed by atoms with Crippen LogP contribution in [0.1, 0.15) is 32.8 Å². The van der Waals surface area contributed by atoms with Crippen molar-refractivity contribution in [3.05, 3.63) is 35.0 Å². The Morgan fingerprint density at radius 1 is 1.32 bits per heavy atom. The van der Waals surface area contributed by atoms with Gasteiger partial charge < -0.3 is 10.3 Å². The molecule has 2 rings (SSSR count). The number of halogens is 1. The van der Waals surface area contributed by atoms with Crippen molar-refractivity contribution in [3.63, 3.8) is 0 Å². The first kappa shape index (κ1) is 14.4. The second kappa shape index (κ2) is 5.98. The smallest absolute Gasteiger partial charge is 0.0498 e. The van der Waals surface area contributed by atoms with E-state index in [1.54, 1.807) is 0 Å². The number of hydrogen-bond acceptors (Lipinski definition) is 1. The van der Waals surface area contributed by atoms with Crippen LogP contribution in [-0.4, -0.2) is 10.6 Å². The van der Waals surface area contributed by atoms with Gasteiger partial charge in [-0.15, -0.1) is 0 Å². The van der Waals surface area contributed by atoms with E-state index in [0.717, 1.165) is 18.0 Å². The lowest BCUT2D eigenvalue weighted by Gasteiger charge is -2.11. The van der Waals surface area contributed by atoms with Gasteiger partial charge in [0.05, 0.1) is 0 Å². The minimum Gasteiger partial charge on any atom is -0.347 e. The van der Waals surface area contributed by atoms with E-state index >= 15 is 0 Å². The summed E-state index contributed by atoms with van der Waals surface area (Å²) in [6.45, 7) is 7.59. The Balaban J connectivity index is 2.47. The van der Waals surface area contributed by atoms with Gasteiger partial charge in [0.25, 0.3) is 0 Å². The average Bonchev–Trinajstić information content (AvgIpc) is 2.66. The highest BCUT2D eigenvalue weighted by atomic mass is 35.5. The molecule has 104 valence electrons. The maximum Gasteiger partial charge on any atom is 0.0498 e. The predicted molar refractivity (Wildman–Crippen MR) is 83.8 cm³/mol. The Labute approximate surface area is 120 Å². The van der Waals surface area contributed by atoms with Crippen LogP contribution < -0.4 is 5.73 Å². The molecule has 1 heterocycles. The first-order valence-corrected chi connectivity index (χ1v) is 7.42. The molecular weight excluding hydrogens is 256 g/mol. The molecule has 0 bridgehead atoms. The zero-order valence-electron chi connectivity index (χ0n) is 12.0. The van der Waals surface area contributed by atoms with Crippen molar-refractivity contribution in [3.8, 4) is 0 Å². The molecule has 0 aliphatic heterocycles. The van der Waals surface area contributed by atoms with Gasteiger partial charge in [-0.2, -0.15) is 0 Å². The van der Waals surface area contributed by atoms with Crippen molar-refractivity contribution >= 4 is 22.5 Å². The van der Waals surface area contributed by atoms with E-state index in [4.69, 9.17) is 17.3 Å². The highest BCUT2D eigenvalue weighted by molar-refractivity contribution is 6.31. The summed E-state index contributed by atoms with van der Waals surface area (Å²) < 4.78 is 2.33. The van der Waals surface area contributed by atoms with E-state index in [1.165, 1.54) is 22.9 Å². The molecular formula is C16H23ClN2. The number of hydrogen-bond donors (Lipinski definition) is 1. The summed E-state index contributed by atoms with van der Waals surface area (Å²) in [6, 6.07) is 6.31. The molecule has 2 aromatic rings. The number of benzene rings is 1. The first-order valence-electron chi connectivity index (χ1n) is 7.04. The molecule has 2 nitrogen and oxygen atoms in total. The molecule has 1 aromatic carbocycles. The van der Waals surface area contributed by atoms with Crippen LogP contribution in [-0.2, 0) is 13.0 Å². The molecule has 0 spiro atoms. The van der Waals surface area contributed by atoms with Crippen molar-refractivity contribution < 1.29 is 0 Å². The zero-order valence-corrected chi connectivity index (χ0v) is 12.7. The van der Waals surface area contributed by atoms with Gasteiger partial charge in [-0.05, 0) is 37.0 Å². The highest BCUT2D eigenvalue weighted by Gasteiger charge is 2.12. The quantitative estimate of drug-likeness (QED) is 0.872. The third kappa shape index (κ3) is 3.31. The Kier molecular flexibility index (Phi) is 4.54. The molecule has 2 atom stereocenters. The molecule has 1 aromatic heterocycles. The summed E-state index contributed by atoms with van der Waals surface area (Å²) in [5.74, 6) is 0.665. The highest BCUT2D eigenvalue weighted by Crippen LogP contribution is 2.26. The molecule has 0 radical (unpaired) electrons. The van der Waals surface area contributed by atoms with Crippen LogP contribution in [0.2, 0.25) is 5.02 Å². The summed E-state index contributed by atoms with van der Waals surface area (Å²) in [5, 5.41) is 2.08. The number of rotatable bonds is 5. The molecule has 3 heteroatoms. The third-order valence-electron chi connectivity index (χ3n) is 3.67. The molecule has 0 aliphatic rings. The van der Waals surface area contributed by atoms with Gasteiger partial charge in [0, 0.05) is 34.7 Å². The normalized spacial score (nSPS) is 14.8. The molecule has 0 amide bonds. The van der Waals surface area contributed by atoms with Gasteiger partial charge in [0.2, 0.25) is 0 Å². The molecule has 2 N–H and O–H groups in total. The lowest BCUT2D eigenvalue weighted by Crippen LogP contribution is -2.17. The van der Waals surface area contributed by atoms with Crippen molar-refractivity contribution in [1.29, 1.82) is 0 Å². The standard InChI is InChI=1S/C16H23ClN2/c1-4-11(2)9-19-10-13(7-12(3)18)15-6-5-14(17)8-16(15)19/h5-6,8,10-12H,4,7,9,18H2,1-3H3. The molecule has 0 saturated heterocycles. The van der Waals surface area contributed by atoms with Crippen LogP contribution in [0.3, 0.4) is 0 Å². The molecule has 0 fully saturated rings. The van der Waals surface area contributed by atoms with Gasteiger partial charge >= 0.3 is 0 Å². The Morgan fingerprint density at radius 2 is 2.05 bits per heavy atom. The fourth-order valence-electron chi connectivity index (χ4n) is 2.47. The second-order valence-electron chi connectivity index (χ2n) is 5.66. The van der Waals surface area contributed by atoms with E-state index in [-0.39, 0.29) is 6.04 Å². The Hall–Kier alpha value is -0.990. The van der Waals surface area contributed by atoms with Crippen molar-refractivity contribution in [2.24, 2.45) is 11.7 Å². The lowest BCUT2D eigenvalue weighted by molar-refractivity contribution is 0.477. The van der Waals surface area contributed by atoms with E-state index < -0.39 is 0 Å². The maximum absolute atomic E-state index is 6.14. The minimum absolute atomic E-state index is 0.179. The number of aromatic nitrogens is 1. The van der Waals surface area contributed by atoms with Crippen LogP contribution in [0.25, 0.3) is 10.9 Å². The summed E-state index contributed by atoms with van der Waals surface area (Å²) in [5.41, 5.74) is 8.50. The topological polar surface area (TPSA) is 30.9 Å². The third-order valence-corrected chi connectivity index (χ3v) is 3.91. The van der Waals surface area contributed by atoms with Crippen LogP contribution in [0.15, 0.2) is 24.4 Å². The van der Waals surface area contributed by atoms with Crippen LogP contribution in [0.4, 0.5) is 0 Å². The lowest BCUT2D eigenvalue weighted by atomic mass is 10.1. The fraction of sp³-hybridized carbons (Fsp3) is 0.500. The summed E-state index contributed by atoms with van der Waals surface area (Å²) >= 11 is 6.14. The van der Waals surface area contributed by atoms with Gasteiger partial charge in [-0.25, -0.2) is 0 Å². The molecule has 2 unspecified atom stereocenters.